The molecule has 2 saturated carbocycles. The predicted molar refractivity (Wildman–Crippen MR) is 125 cm³/mol. The number of nitrogens with two attached hydrogens (primary N) is 1. The fraction of sp³-hybridized carbons (Fsp3) is 0.333. The summed E-state index contributed by atoms with van der Waals surface area (Å²) in [4.78, 5) is 28.6. The van der Waals surface area contributed by atoms with Crippen LogP contribution in [-0.4, -0.2) is 53.6 Å². The quantitative estimate of drug-likeness (QED) is 0.435. The number of rotatable bonds is 6. The van der Waals surface area contributed by atoms with Crippen LogP contribution in [0.15, 0.2) is 49.1 Å². The van der Waals surface area contributed by atoms with E-state index < -0.39 is 5.91 Å². The molecule has 1 spiro atoms. The van der Waals surface area contributed by atoms with Gasteiger partial charge in [0, 0.05) is 42.8 Å². The number of carbonyl (C=O) groups is 2. The number of nitrogens with one attached hydrogen (secondary N) is 1. The van der Waals surface area contributed by atoms with Crippen LogP contribution in [-0.2, 0) is 7.05 Å². The fourth-order valence-corrected chi connectivity index (χ4v) is 5.29. The van der Waals surface area contributed by atoms with E-state index in [9.17, 15) is 9.59 Å². The molecule has 11 nitrogen and oxygen atoms in total. The van der Waals surface area contributed by atoms with Crippen LogP contribution in [0, 0.1) is 5.41 Å². The van der Waals surface area contributed by atoms with Gasteiger partial charge in [-0.15, -0.1) is 5.10 Å². The van der Waals surface area contributed by atoms with Crippen LogP contribution >= 0.6 is 0 Å². The maximum atomic E-state index is 12.9. The number of aryl methyl sites for hydroxylation is 1. The summed E-state index contributed by atoms with van der Waals surface area (Å²) in [7, 11) is 1.86. The fourth-order valence-electron chi connectivity index (χ4n) is 5.29. The maximum Gasteiger partial charge on any atom is 0.274 e. The highest BCUT2D eigenvalue weighted by atomic mass is 16.5. The molecule has 11 heteroatoms. The van der Waals surface area contributed by atoms with Gasteiger partial charge in [0.2, 0.25) is 5.88 Å². The lowest BCUT2D eigenvalue weighted by molar-refractivity contribution is -0.0848. The van der Waals surface area contributed by atoms with Crippen LogP contribution in [0.25, 0.3) is 16.6 Å². The first kappa shape index (κ1) is 21.3. The topological polar surface area (TPSA) is 142 Å². The van der Waals surface area contributed by atoms with Crippen molar-refractivity contribution in [1.29, 1.82) is 0 Å². The lowest BCUT2D eigenvalue weighted by Gasteiger charge is -2.57. The van der Waals surface area contributed by atoms with Gasteiger partial charge in [-0.2, -0.15) is 5.10 Å². The van der Waals surface area contributed by atoms with Gasteiger partial charge < -0.3 is 15.8 Å². The Bertz CT molecular complexity index is 1440. The van der Waals surface area contributed by atoms with E-state index in [1.807, 2.05) is 31.6 Å². The average molecular weight is 473 g/mol. The molecule has 35 heavy (non-hydrogen) atoms. The molecular formula is C24H24N8O3. The summed E-state index contributed by atoms with van der Waals surface area (Å²) in [5.74, 6) is -0.487. The van der Waals surface area contributed by atoms with Crippen LogP contribution in [0.4, 0.5) is 0 Å². The Hall–Kier alpha value is -4.28. The third-order valence-electron chi connectivity index (χ3n) is 7.00. The molecule has 0 bridgehead atoms. The largest absolute Gasteiger partial charge is 0.474 e. The van der Waals surface area contributed by atoms with Gasteiger partial charge in [0.15, 0.2) is 5.69 Å². The standard InChI is InChI=1S/C24H24N8O3/c1-31-12-15(11-27-31)14-4-5-19-20(29-30-32(19)13-14)22(34)28-16-7-24(8-16)9-17(10-24)35-23-18(21(25)33)3-2-6-26-23/h2-6,11-13,16-17H,7-10H2,1H3,(H2,25,33)(H,28,34). The Kier molecular flexibility index (Phi) is 4.80. The zero-order chi connectivity index (χ0) is 24.2. The zero-order valence-electron chi connectivity index (χ0n) is 19.1. The molecule has 6 rings (SSSR count). The van der Waals surface area contributed by atoms with Crippen LogP contribution < -0.4 is 15.8 Å². The first-order chi connectivity index (χ1) is 16.9. The van der Waals surface area contributed by atoms with E-state index in [2.05, 4.69) is 25.7 Å². The van der Waals surface area contributed by atoms with E-state index in [0.29, 0.717) is 16.8 Å². The Morgan fingerprint density at radius 3 is 2.71 bits per heavy atom. The number of carbonyl (C=O) groups excluding carboxylic acids is 2. The molecule has 0 unspecified atom stereocenters. The van der Waals surface area contributed by atoms with Crippen molar-refractivity contribution < 1.29 is 14.3 Å². The van der Waals surface area contributed by atoms with Crippen LogP contribution in [0.2, 0.25) is 0 Å². The Morgan fingerprint density at radius 2 is 1.97 bits per heavy atom. The normalized spacial score (nSPS) is 23.0. The minimum Gasteiger partial charge on any atom is -0.474 e. The monoisotopic (exact) mass is 472 g/mol. The summed E-state index contributed by atoms with van der Waals surface area (Å²) >= 11 is 0. The minimum absolute atomic E-state index is 0.00468. The van der Waals surface area contributed by atoms with E-state index >= 15 is 0 Å². The number of aromatic nitrogens is 6. The second-order valence-electron chi connectivity index (χ2n) is 9.54. The molecular weight excluding hydrogens is 448 g/mol. The number of primary amides is 1. The number of amides is 2. The van der Waals surface area contributed by atoms with Crippen molar-refractivity contribution in [1.82, 2.24) is 34.9 Å². The first-order valence-electron chi connectivity index (χ1n) is 11.5. The van der Waals surface area contributed by atoms with Crippen molar-refractivity contribution in [2.75, 3.05) is 0 Å². The number of hydrogen-bond acceptors (Lipinski definition) is 7. The van der Waals surface area contributed by atoms with Crippen LogP contribution in [0.3, 0.4) is 0 Å². The summed E-state index contributed by atoms with van der Waals surface area (Å²) in [6.45, 7) is 0. The van der Waals surface area contributed by atoms with Crippen molar-refractivity contribution in [3.8, 4) is 17.0 Å². The summed E-state index contributed by atoms with van der Waals surface area (Å²) in [5.41, 5.74) is 8.73. The zero-order valence-corrected chi connectivity index (χ0v) is 19.1. The van der Waals surface area contributed by atoms with E-state index in [1.54, 1.807) is 33.7 Å². The smallest absolute Gasteiger partial charge is 0.274 e. The highest BCUT2D eigenvalue weighted by molar-refractivity contribution is 5.99. The van der Waals surface area contributed by atoms with E-state index in [-0.39, 0.29) is 29.3 Å². The Balaban J connectivity index is 1.05. The summed E-state index contributed by atoms with van der Waals surface area (Å²) in [5, 5.41) is 15.5. The molecule has 2 amide bonds. The number of hydrogen-bond donors (Lipinski definition) is 2. The van der Waals surface area contributed by atoms with Crippen LogP contribution in [0.1, 0.15) is 46.5 Å². The van der Waals surface area contributed by atoms with Gasteiger partial charge in [-0.1, -0.05) is 11.3 Å². The Labute approximate surface area is 200 Å². The SMILES string of the molecule is Cn1cc(-c2ccc3c(C(=O)NC4CC5(C4)CC(Oc4ncccc4C(N)=O)C5)nnn3c2)cn1. The molecule has 2 aliphatic rings. The molecule has 0 atom stereocenters. The van der Waals surface area contributed by atoms with E-state index in [0.717, 1.165) is 36.8 Å². The van der Waals surface area contributed by atoms with Gasteiger partial charge >= 0.3 is 0 Å². The van der Waals surface area contributed by atoms with Crippen molar-refractivity contribution in [3.63, 3.8) is 0 Å². The van der Waals surface area contributed by atoms with Crippen molar-refractivity contribution in [3.05, 3.63) is 60.3 Å². The molecule has 4 aromatic heterocycles. The molecule has 2 aliphatic carbocycles. The summed E-state index contributed by atoms with van der Waals surface area (Å²) in [6.07, 6.45) is 10.6. The molecule has 0 saturated heterocycles. The Morgan fingerprint density at radius 1 is 1.14 bits per heavy atom. The van der Waals surface area contributed by atoms with E-state index in [1.165, 1.54) is 0 Å². The van der Waals surface area contributed by atoms with E-state index in [4.69, 9.17) is 10.5 Å². The summed E-state index contributed by atoms with van der Waals surface area (Å²) in [6, 6.07) is 7.15. The highest BCUT2D eigenvalue weighted by Gasteiger charge is 2.54. The first-order valence-corrected chi connectivity index (χ1v) is 11.5. The van der Waals surface area contributed by atoms with Gasteiger partial charge in [-0.25, -0.2) is 9.50 Å². The molecule has 178 valence electrons. The third-order valence-corrected chi connectivity index (χ3v) is 7.00. The molecule has 3 N–H and O–H groups in total. The number of nitrogens with zero attached hydrogens (tertiary/aromatic N) is 6. The lowest BCUT2D eigenvalue weighted by Crippen LogP contribution is -2.58. The minimum atomic E-state index is -0.553. The van der Waals surface area contributed by atoms with Gasteiger partial charge in [-0.05, 0) is 49.3 Å². The molecule has 0 radical (unpaired) electrons. The van der Waals surface area contributed by atoms with Gasteiger partial charge in [0.1, 0.15) is 11.7 Å². The number of pyridine rings is 2. The third kappa shape index (κ3) is 3.78. The highest BCUT2D eigenvalue weighted by Crippen LogP contribution is 2.56. The van der Waals surface area contributed by atoms with Crippen molar-refractivity contribution in [2.45, 2.75) is 37.8 Å². The second kappa shape index (κ2) is 7.90. The van der Waals surface area contributed by atoms with Crippen molar-refractivity contribution >= 4 is 17.3 Å². The number of ether oxygens (including phenoxy) is 1. The van der Waals surface area contributed by atoms with Gasteiger partial charge in [-0.3, -0.25) is 14.3 Å². The van der Waals surface area contributed by atoms with Gasteiger partial charge in [0.05, 0.1) is 11.7 Å². The molecule has 4 aromatic rings. The molecule has 2 fully saturated rings. The average Bonchev–Trinajstić information content (AvgIpc) is 3.42. The maximum absolute atomic E-state index is 12.9. The number of fused-ring (bicyclic) bond motifs is 1. The second-order valence-corrected chi connectivity index (χ2v) is 9.54. The van der Waals surface area contributed by atoms with Gasteiger partial charge in [0.25, 0.3) is 11.8 Å². The molecule has 0 aliphatic heterocycles. The van der Waals surface area contributed by atoms with Crippen LogP contribution in [0.5, 0.6) is 5.88 Å². The predicted octanol–water partition coefficient (Wildman–Crippen LogP) is 1.74. The molecule has 4 heterocycles. The lowest BCUT2D eigenvalue weighted by atomic mass is 9.53. The van der Waals surface area contributed by atoms with Crippen molar-refractivity contribution in [2.24, 2.45) is 18.2 Å². The summed E-state index contributed by atoms with van der Waals surface area (Å²) < 4.78 is 9.27. The molecule has 0 aromatic carbocycles.